The molecule has 3 nitrogen and oxygen atoms in total. The van der Waals surface area contributed by atoms with Crippen LogP contribution < -0.4 is 5.32 Å². The molecule has 1 aliphatic rings. The first kappa shape index (κ1) is 14.4. The fourth-order valence-electron chi connectivity index (χ4n) is 2.64. The average molecular weight is 262 g/mol. The molecule has 1 aromatic rings. The van der Waals surface area contributed by atoms with E-state index in [1.807, 2.05) is 0 Å². The molecular formula is C16H26N2O. The van der Waals surface area contributed by atoms with Crippen LogP contribution in [0.3, 0.4) is 0 Å². The SMILES string of the molecule is Cc1cccc(C)c1NCC1CN(C(C)C)CCO1. The highest BCUT2D eigenvalue weighted by Crippen LogP contribution is 2.20. The number of nitrogens with one attached hydrogen (secondary N) is 1. The number of hydrogen-bond donors (Lipinski definition) is 1. The van der Waals surface area contributed by atoms with E-state index in [9.17, 15) is 0 Å². The standard InChI is InChI=1S/C16H26N2O/c1-12(2)18-8-9-19-15(11-18)10-17-16-13(3)6-5-7-14(16)4/h5-7,12,15,17H,8-11H2,1-4H3. The largest absolute Gasteiger partial charge is 0.382 e. The Hall–Kier alpha value is -1.06. The van der Waals surface area contributed by atoms with Crippen molar-refractivity contribution in [3.63, 3.8) is 0 Å². The van der Waals surface area contributed by atoms with Crippen molar-refractivity contribution >= 4 is 5.69 Å². The summed E-state index contributed by atoms with van der Waals surface area (Å²) < 4.78 is 5.86. The van der Waals surface area contributed by atoms with E-state index >= 15 is 0 Å². The van der Waals surface area contributed by atoms with Crippen LogP contribution in [0.5, 0.6) is 0 Å². The molecule has 1 atom stereocenters. The second-order valence-electron chi connectivity index (χ2n) is 5.73. The lowest BCUT2D eigenvalue weighted by Gasteiger charge is -2.35. The number of para-hydroxylation sites is 1. The first-order valence-corrected chi connectivity index (χ1v) is 7.23. The van der Waals surface area contributed by atoms with Crippen LogP contribution >= 0.6 is 0 Å². The smallest absolute Gasteiger partial charge is 0.0874 e. The molecule has 0 saturated carbocycles. The summed E-state index contributed by atoms with van der Waals surface area (Å²) in [6.45, 7) is 12.6. The van der Waals surface area contributed by atoms with Gasteiger partial charge in [-0.3, -0.25) is 4.90 Å². The molecular weight excluding hydrogens is 236 g/mol. The van der Waals surface area contributed by atoms with Gasteiger partial charge in [0.05, 0.1) is 12.7 Å². The summed E-state index contributed by atoms with van der Waals surface area (Å²) in [6, 6.07) is 7.01. The monoisotopic (exact) mass is 262 g/mol. The van der Waals surface area contributed by atoms with E-state index in [1.165, 1.54) is 16.8 Å². The summed E-state index contributed by atoms with van der Waals surface area (Å²) in [5, 5.41) is 3.56. The molecule has 19 heavy (non-hydrogen) atoms. The number of benzene rings is 1. The molecule has 0 aromatic heterocycles. The van der Waals surface area contributed by atoms with Gasteiger partial charge < -0.3 is 10.1 Å². The lowest BCUT2D eigenvalue weighted by molar-refractivity contribution is -0.0315. The Bertz CT molecular complexity index is 397. The van der Waals surface area contributed by atoms with E-state index in [2.05, 4.69) is 56.1 Å². The summed E-state index contributed by atoms with van der Waals surface area (Å²) in [4.78, 5) is 2.49. The van der Waals surface area contributed by atoms with Gasteiger partial charge in [0.25, 0.3) is 0 Å². The zero-order valence-electron chi connectivity index (χ0n) is 12.6. The van der Waals surface area contributed by atoms with Gasteiger partial charge in [0, 0.05) is 31.4 Å². The Morgan fingerprint density at radius 1 is 1.32 bits per heavy atom. The summed E-state index contributed by atoms with van der Waals surface area (Å²) in [5.74, 6) is 0. The zero-order chi connectivity index (χ0) is 13.8. The molecule has 106 valence electrons. The highest BCUT2D eigenvalue weighted by atomic mass is 16.5. The third kappa shape index (κ3) is 3.71. The molecule has 1 aliphatic heterocycles. The van der Waals surface area contributed by atoms with Gasteiger partial charge in [-0.2, -0.15) is 0 Å². The molecule has 0 radical (unpaired) electrons. The highest BCUT2D eigenvalue weighted by molar-refractivity contribution is 5.56. The predicted octanol–water partition coefficient (Wildman–Crippen LogP) is 2.82. The second-order valence-corrected chi connectivity index (χ2v) is 5.73. The Kier molecular flexibility index (Phi) is 4.83. The molecule has 3 heteroatoms. The van der Waals surface area contributed by atoms with Crippen LogP contribution in [0, 0.1) is 13.8 Å². The Labute approximate surface area is 116 Å². The maximum absolute atomic E-state index is 5.86. The van der Waals surface area contributed by atoms with Gasteiger partial charge in [-0.15, -0.1) is 0 Å². The maximum atomic E-state index is 5.86. The quantitative estimate of drug-likeness (QED) is 0.903. The number of rotatable bonds is 4. The van der Waals surface area contributed by atoms with E-state index in [-0.39, 0.29) is 6.10 Å². The third-order valence-electron chi connectivity index (χ3n) is 3.89. The van der Waals surface area contributed by atoms with Gasteiger partial charge >= 0.3 is 0 Å². The minimum atomic E-state index is 0.287. The van der Waals surface area contributed by atoms with Gasteiger partial charge in [-0.1, -0.05) is 18.2 Å². The number of hydrogen-bond acceptors (Lipinski definition) is 3. The molecule has 0 amide bonds. The molecule has 0 spiro atoms. The van der Waals surface area contributed by atoms with Crippen molar-refractivity contribution in [3.05, 3.63) is 29.3 Å². The number of morpholine rings is 1. The van der Waals surface area contributed by atoms with E-state index in [4.69, 9.17) is 4.74 Å². The minimum Gasteiger partial charge on any atom is -0.382 e. The number of ether oxygens (including phenoxy) is 1. The normalized spacial score (nSPS) is 20.8. The lowest BCUT2D eigenvalue weighted by atomic mass is 10.1. The van der Waals surface area contributed by atoms with Crippen molar-refractivity contribution in [2.24, 2.45) is 0 Å². The van der Waals surface area contributed by atoms with E-state index in [1.54, 1.807) is 0 Å². The molecule has 1 aromatic carbocycles. The first-order chi connectivity index (χ1) is 9.08. The number of nitrogens with zero attached hydrogens (tertiary/aromatic N) is 1. The molecule has 1 unspecified atom stereocenters. The maximum Gasteiger partial charge on any atom is 0.0874 e. The topological polar surface area (TPSA) is 24.5 Å². The van der Waals surface area contributed by atoms with Crippen LogP contribution in [-0.4, -0.2) is 43.3 Å². The molecule has 1 fully saturated rings. The summed E-state index contributed by atoms with van der Waals surface area (Å²) in [6.07, 6.45) is 0.287. The van der Waals surface area contributed by atoms with Crippen molar-refractivity contribution in [1.29, 1.82) is 0 Å². The molecule has 1 saturated heterocycles. The van der Waals surface area contributed by atoms with Gasteiger partial charge in [-0.25, -0.2) is 0 Å². The first-order valence-electron chi connectivity index (χ1n) is 7.23. The molecule has 0 aliphatic carbocycles. The Balaban J connectivity index is 1.92. The van der Waals surface area contributed by atoms with Gasteiger partial charge in [0.1, 0.15) is 0 Å². The molecule has 2 rings (SSSR count). The third-order valence-corrected chi connectivity index (χ3v) is 3.89. The van der Waals surface area contributed by atoms with Crippen LogP contribution in [0.2, 0.25) is 0 Å². The fraction of sp³-hybridized carbons (Fsp3) is 0.625. The highest BCUT2D eigenvalue weighted by Gasteiger charge is 2.22. The second kappa shape index (κ2) is 6.40. The number of anilines is 1. The zero-order valence-corrected chi connectivity index (χ0v) is 12.6. The fourth-order valence-corrected chi connectivity index (χ4v) is 2.64. The van der Waals surface area contributed by atoms with Crippen molar-refractivity contribution in [3.8, 4) is 0 Å². The minimum absolute atomic E-state index is 0.287. The van der Waals surface area contributed by atoms with Crippen molar-refractivity contribution in [1.82, 2.24) is 4.90 Å². The lowest BCUT2D eigenvalue weighted by Crippen LogP contribution is -2.48. The van der Waals surface area contributed by atoms with Crippen molar-refractivity contribution in [2.45, 2.75) is 39.8 Å². The van der Waals surface area contributed by atoms with Crippen LogP contribution in [0.4, 0.5) is 5.69 Å². The van der Waals surface area contributed by atoms with Crippen LogP contribution in [-0.2, 0) is 4.74 Å². The van der Waals surface area contributed by atoms with E-state index in [0.717, 1.165) is 26.2 Å². The molecule has 1 N–H and O–H groups in total. The van der Waals surface area contributed by atoms with Crippen molar-refractivity contribution < 1.29 is 4.74 Å². The number of aryl methyl sites for hydroxylation is 2. The van der Waals surface area contributed by atoms with Crippen molar-refractivity contribution in [2.75, 3.05) is 31.6 Å². The molecule has 1 heterocycles. The van der Waals surface area contributed by atoms with Crippen LogP contribution in [0.25, 0.3) is 0 Å². The summed E-state index contributed by atoms with van der Waals surface area (Å²) in [7, 11) is 0. The summed E-state index contributed by atoms with van der Waals surface area (Å²) >= 11 is 0. The van der Waals surface area contributed by atoms with Gasteiger partial charge in [-0.05, 0) is 38.8 Å². The van der Waals surface area contributed by atoms with E-state index < -0.39 is 0 Å². The Morgan fingerprint density at radius 2 is 2.00 bits per heavy atom. The van der Waals surface area contributed by atoms with Gasteiger partial charge in [0.2, 0.25) is 0 Å². The van der Waals surface area contributed by atoms with Gasteiger partial charge in [0.15, 0.2) is 0 Å². The molecule has 0 bridgehead atoms. The predicted molar refractivity (Wildman–Crippen MR) is 80.9 cm³/mol. The Morgan fingerprint density at radius 3 is 2.63 bits per heavy atom. The van der Waals surface area contributed by atoms with Crippen LogP contribution in [0.1, 0.15) is 25.0 Å². The average Bonchev–Trinajstić information content (AvgIpc) is 2.38. The summed E-state index contributed by atoms with van der Waals surface area (Å²) in [5.41, 5.74) is 3.86. The van der Waals surface area contributed by atoms with Crippen LogP contribution in [0.15, 0.2) is 18.2 Å². The van der Waals surface area contributed by atoms with E-state index in [0.29, 0.717) is 6.04 Å².